The highest BCUT2D eigenvalue weighted by Crippen LogP contribution is 2.15. The molecule has 0 heterocycles. The molecule has 1 amide bonds. The minimum atomic E-state index is -0.0675. The van der Waals surface area contributed by atoms with Crippen molar-refractivity contribution in [2.24, 2.45) is 0 Å². The predicted molar refractivity (Wildman–Crippen MR) is 77.5 cm³/mol. The van der Waals surface area contributed by atoms with Gasteiger partial charge in [-0.2, -0.15) is 0 Å². The molecule has 1 atom stereocenters. The normalized spacial score (nSPS) is 12.3. The van der Waals surface area contributed by atoms with Gasteiger partial charge in [0, 0.05) is 16.9 Å². The Morgan fingerprint density at radius 2 is 2.17 bits per heavy atom. The van der Waals surface area contributed by atoms with Gasteiger partial charge in [-0.15, -0.1) is 0 Å². The van der Waals surface area contributed by atoms with Gasteiger partial charge in [0.1, 0.15) is 5.75 Å². The van der Waals surface area contributed by atoms with E-state index in [1.165, 1.54) is 0 Å². The van der Waals surface area contributed by atoms with Gasteiger partial charge in [-0.3, -0.25) is 4.79 Å². The molecule has 0 aromatic heterocycles. The van der Waals surface area contributed by atoms with E-state index >= 15 is 0 Å². The van der Waals surface area contributed by atoms with Crippen molar-refractivity contribution in [3.63, 3.8) is 0 Å². The first kappa shape index (κ1) is 15.0. The molecule has 4 heteroatoms. The first-order valence-corrected chi connectivity index (χ1v) is 7.13. The van der Waals surface area contributed by atoms with E-state index in [1.807, 2.05) is 26.0 Å². The van der Waals surface area contributed by atoms with E-state index in [0.29, 0.717) is 16.9 Å². The van der Waals surface area contributed by atoms with E-state index in [4.69, 9.17) is 4.74 Å². The van der Waals surface area contributed by atoms with Gasteiger partial charge in [0.15, 0.2) is 0 Å². The summed E-state index contributed by atoms with van der Waals surface area (Å²) in [7, 11) is 0. The number of carbonyl (C=O) groups is 1. The van der Waals surface area contributed by atoms with Crippen LogP contribution in [0, 0.1) is 0 Å². The van der Waals surface area contributed by atoms with Gasteiger partial charge < -0.3 is 10.1 Å². The van der Waals surface area contributed by atoms with E-state index in [0.717, 1.165) is 12.2 Å². The van der Waals surface area contributed by atoms with Crippen molar-refractivity contribution < 1.29 is 9.53 Å². The predicted octanol–water partition coefficient (Wildman–Crippen LogP) is 3.38. The van der Waals surface area contributed by atoms with Crippen molar-refractivity contribution in [2.45, 2.75) is 38.1 Å². The van der Waals surface area contributed by atoms with Crippen LogP contribution in [0.2, 0.25) is 0 Å². The number of amides is 1. The molecular weight excluding hydrogens is 294 g/mol. The number of benzene rings is 1. The fourth-order valence-electron chi connectivity index (χ4n) is 1.43. The van der Waals surface area contributed by atoms with Crippen LogP contribution in [0.3, 0.4) is 0 Å². The Hall–Kier alpha value is -1.03. The van der Waals surface area contributed by atoms with Gasteiger partial charge >= 0.3 is 0 Å². The van der Waals surface area contributed by atoms with Crippen LogP contribution in [0.4, 0.5) is 0 Å². The number of alkyl halides is 1. The average Bonchev–Trinajstić information content (AvgIpc) is 2.35. The quantitative estimate of drug-likeness (QED) is 0.818. The van der Waals surface area contributed by atoms with E-state index < -0.39 is 0 Å². The van der Waals surface area contributed by atoms with Crippen molar-refractivity contribution in [1.29, 1.82) is 0 Å². The van der Waals surface area contributed by atoms with Gasteiger partial charge in [0.05, 0.1) is 6.10 Å². The second-order valence-electron chi connectivity index (χ2n) is 4.41. The highest BCUT2D eigenvalue weighted by molar-refractivity contribution is 9.09. The van der Waals surface area contributed by atoms with Crippen LogP contribution in [0.25, 0.3) is 0 Å². The van der Waals surface area contributed by atoms with Crippen LogP contribution in [0.5, 0.6) is 5.75 Å². The molecule has 100 valence electrons. The highest BCUT2D eigenvalue weighted by Gasteiger charge is 2.09. The molecule has 0 saturated heterocycles. The number of halogens is 1. The van der Waals surface area contributed by atoms with Gasteiger partial charge in [0.2, 0.25) is 0 Å². The van der Waals surface area contributed by atoms with Crippen molar-refractivity contribution in [1.82, 2.24) is 5.32 Å². The standard InChI is InChI=1S/C14H20BrNO2/c1-4-12(15)9-16-14(17)11-6-5-7-13(8-11)18-10(2)3/h5-8,10,12H,4,9H2,1-3H3,(H,16,17). The van der Waals surface area contributed by atoms with Crippen LogP contribution in [-0.4, -0.2) is 23.4 Å². The molecule has 0 bridgehead atoms. The number of carbonyl (C=O) groups excluding carboxylic acids is 1. The van der Waals surface area contributed by atoms with E-state index in [1.54, 1.807) is 12.1 Å². The van der Waals surface area contributed by atoms with Gasteiger partial charge in [-0.1, -0.05) is 28.9 Å². The maximum atomic E-state index is 11.9. The first-order chi connectivity index (χ1) is 8.52. The third-order valence-corrected chi connectivity index (χ3v) is 3.37. The molecule has 3 nitrogen and oxygen atoms in total. The molecule has 0 aliphatic carbocycles. The Balaban J connectivity index is 2.62. The summed E-state index contributed by atoms with van der Waals surface area (Å²) in [6.07, 6.45) is 1.09. The second kappa shape index (κ2) is 7.41. The summed E-state index contributed by atoms with van der Waals surface area (Å²) in [5.41, 5.74) is 0.629. The Bertz CT molecular complexity index is 393. The van der Waals surface area contributed by atoms with E-state index in [-0.39, 0.29) is 12.0 Å². The van der Waals surface area contributed by atoms with Crippen molar-refractivity contribution >= 4 is 21.8 Å². The Kier molecular flexibility index (Phi) is 6.19. The zero-order chi connectivity index (χ0) is 13.5. The summed E-state index contributed by atoms with van der Waals surface area (Å²) in [5.74, 6) is 0.658. The number of ether oxygens (including phenoxy) is 1. The molecule has 0 radical (unpaired) electrons. The monoisotopic (exact) mass is 313 g/mol. The molecule has 1 aromatic rings. The zero-order valence-electron chi connectivity index (χ0n) is 11.1. The molecule has 1 unspecified atom stereocenters. The van der Waals surface area contributed by atoms with Crippen LogP contribution in [0.15, 0.2) is 24.3 Å². The summed E-state index contributed by atoms with van der Waals surface area (Å²) in [6, 6.07) is 7.25. The van der Waals surface area contributed by atoms with Crippen LogP contribution in [0.1, 0.15) is 37.6 Å². The lowest BCUT2D eigenvalue weighted by molar-refractivity contribution is 0.0953. The molecule has 1 N–H and O–H groups in total. The van der Waals surface area contributed by atoms with Crippen molar-refractivity contribution in [3.05, 3.63) is 29.8 Å². The summed E-state index contributed by atoms with van der Waals surface area (Å²) < 4.78 is 5.56. The van der Waals surface area contributed by atoms with Crippen molar-refractivity contribution in [3.8, 4) is 5.75 Å². The molecule has 0 aliphatic heterocycles. The lowest BCUT2D eigenvalue weighted by Crippen LogP contribution is -2.29. The molecule has 1 rings (SSSR count). The van der Waals surface area contributed by atoms with Gasteiger partial charge in [-0.25, -0.2) is 0 Å². The summed E-state index contributed by atoms with van der Waals surface area (Å²) >= 11 is 3.49. The first-order valence-electron chi connectivity index (χ1n) is 6.22. The van der Waals surface area contributed by atoms with Gasteiger partial charge in [-0.05, 0) is 38.5 Å². The Morgan fingerprint density at radius 3 is 2.78 bits per heavy atom. The molecular formula is C14H20BrNO2. The largest absolute Gasteiger partial charge is 0.491 e. The third-order valence-electron chi connectivity index (χ3n) is 2.40. The minimum Gasteiger partial charge on any atom is -0.491 e. The molecule has 18 heavy (non-hydrogen) atoms. The second-order valence-corrected chi connectivity index (χ2v) is 5.70. The summed E-state index contributed by atoms with van der Waals surface area (Å²) in [5, 5.41) is 2.89. The molecule has 0 aliphatic rings. The third kappa shape index (κ3) is 5.08. The Morgan fingerprint density at radius 1 is 1.44 bits per heavy atom. The SMILES string of the molecule is CCC(Br)CNC(=O)c1cccc(OC(C)C)c1. The molecule has 0 fully saturated rings. The van der Waals surface area contributed by atoms with E-state index in [2.05, 4.69) is 28.2 Å². The zero-order valence-corrected chi connectivity index (χ0v) is 12.7. The number of hydrogen-bond acceptors (Lipinski definition) is 2. The number of nitrogens with one attached hydrogen (secondary N) is 1. The van der Waals surface area contributed by atoms with Gasteiger partial charge in [0.25, 0.3) is 5.91 Å². The topological polar surface area (TPSA) is 38.3 Å². The maximum Gasteiger partial charge on any atom is 0.251 e. The average molecular weight is 314 g/mol. The summed E-state index contributed by atoms with van der Waals surface area (Å²) in [4.78, 5) is 12.2. The highest BCUT2D eigenvalue weighted by atomic mass is 79.9. The van der Waals surface area contributed by atoms with Crippen LogP contribution in [-0.2, 0) is 0 Å². The van der Waals surface area contributed by atoms with E-state index in [9.17, 15) is 4.79 Å². The molecule has 0 saturated carbocycles. The molecule has 0 spiro atoms. The number of rotatable bonds is 6. The van der Waals surface area contributed by atoms with Crippen LogP contribution < -0.4 is 10.1 Å². The fraction of sp³-hybridized carbons (Fsp3) is 0.500. The minimum absolute atomic E-state index is 0.0675. The Labute approximate surface area is 117 Å². The fourth-order valence-corrected chi connectivity index (χ4v) is 1.59. The lowest BCUT2D eigenvalue weighted by Gasteiger charge is -2.12. The van der Waals surface area contributed by atoms with Crippen LogP contribution >= 0.6 is 15.9 Å². The summed E-state index contributed by atoms with van der Waals surface area (Å²) in [6.45, 7) is 6.63. The molecule has 1 aromatic carbocycles. The lowest BCUT2D eigenvalue weighted by atomic mass is 10.2. The maximum absolute atomic E-state index is 11.9. The smallest absolute Gasteiger partial charge is 0.251 e. The number of hydrogen-bond donors (Lipinski definition) is 1. The van der Waals surface area contributed by atoms with Crippen molar-refractivity contribution in [2.75, 3.05) is 6.54 Å².